The highest BCUT2D eigenvalue weighted by atomic mass is 16.2. The van der Waals surface area contributed by atoms with Gasteiger partial charge in [0.1, 0.15) is 0 Å². The number of carbonyl (C=O) groups excluding carboxylic acids is 2. The van der Waals surface area contributed by atoms with E-state index >= 15 is 0 Å². The van der Waals surface area contributed by atoms with Crippen LogP contribution in [0.4, 0.5) is 11.4 Å². The Balaban J connectivity index is 1.91. The van der Waals surface area contributed by atoms with E-state index in [4.69, 9.17) is 0 Å². The summed E-state index contributed by atoms with van der Waals surface area (Å²) in [5.74, 6) is 0.168. The fourth-order valence-corrected chi connectivity index (χ4v) is 2.82. The zero-order chi connectivity index (χ0) is 20.8. The number of hydrogen-bond donors (Lipinski definition) is 2. The molecule has 2 amide bonds. The molecule has 0 bridgehead atoms. The summed E-state index contributed by atoms with van der Waals surface area (Å²) in [7, 11) is 1.77. The summed E-state index contributed by atoms with van der Waals surface area (Å²) in [5.41, 5.74) is 4.89. The molecule has 0 aromatic heterocycles. The van der Waals surface area contributed by atoms with Crippen LogP contribution in [-0.4, -0.2) is 36.3 Å². The minimum absolute atomic E-state index is 0.133. The SMILES string of the molecule is Cc1ccc(C)c(NC(=O)CN(C)[C@@H](C)C(=O)Nc2ccc(C(C)C)cc2)c1. The lowest BCUT2D eigenvalue weighted by atomic mass is 10.0. The monoisotopic (exact) mass is 381 g/mol. The van der Waals surface area contributed by atoms with Crippen molar-refractivity contribution in [2.24, 2.45) is 0 Å². The molecule has 0 saturated carbocycles. The van der Waals surface area contributed by atoms with Crippen molar-refractivity contribution in [3.63, 3.8) is 0 Å². The number of nitrogens with zero attached hydrogens (tertiary/aromatic N) is 1. The van der Waals surface area contributed by atoms with Gasteiger partial charge in [-0.05, 0) is 68.6 Å². The maximum Gasteiger partial charge on any atom is 0.241 e. The molecule has 150 valence electrons. The lowest BCUT2D eigenvalue weighted by Gasteiger charge is -2.23. The van der Waals surface area contributed by atoms with Gasteiger partial charge in [-0.25, -0.2) is 0 Å². The van der Waals surface area contributed by atoms with E-state index in [1.165, 1.54) is 5.56 Å². The largest absolute Gasteiger partial charge is 0.325 e. The number of benzene rings is 2. The summed E-state index contributed by atoms with van der Waals surface area (Å²) >= 11 is 0. The molecule has 0 fully saturated rings. The molecule has 0 aliphatic carbocycles. The third-order valence-corrected chi connectivity index (χ3v) is 4.95. The van der Waals surface area contributed by atoms with Crippen LogP contribution in [0.3, 0.4) is 0 Å². The third-order valence-electron chi connectivity index (χ3n) is 4.95. The van der Waals surface area contributed by atoms with Gasteiger partial charge >= 0.3 is 0 Å². The summed E-state index contributed by atoms with van der Waals surface area (Å²) < 4.78 is 0. The van der Waals surface area contributed by atoms with Gasteiger partial charge < -0.3 is 10.6 Å². The molecule has 0 aliphatic rings. The maximum absolute atomic E-state index is 12.5. The van der Waals surface area contributed by atoms with Crippen molar-refractivity contribution in [1.29, 1.82) is 0 Å². The normalized spacial score (nSPS) is 12.1. The summed E-state index contributed by atoms with van der Waals surface area (Å²) in [6.45, 7) is 10.1. The second-order valence-electron chi connectivity index (χ2n) is 7.72. The third kappa shape index (κ3) is 5.92. The van der Waals surface area contributed by atoms with E-state index < -0.39 is 6.04 Å². The second-order valence-corrected chi connectivity index (χ2v) is 7.72. The first-order valence-corrected chi connectivity index (χ1v) is 9.65. The van der Waals surface area contributed by atoms with Crippen molar-refractivity contribution in [2.75, 3.05) is 24.2 Å². The lowest BCUT2D eigenvalue weighted by Crippen LogP contribution is -2.43. The van der Waals surface area contributed by atoms with Crippen LogP contribution in [0, 0.1) is 13.8 Å². The number of aryl methyl sites for hydroxylation is 2. The number of hydrogen-bond acceptors (Lipinski definition) is 3. The van der Waals surface area contributed by atoms with Crippen molar-refractivity contribution in [1.82, 2.24) is 4.90 Å². The van der Waals surface area contributed by atoms with Crippen LogP contribution in [0.15, 0.2) is 42.5 Å². The lowest BCUT2D eigenvalue weighted by molar-refractivity contribution is -0.122. The Morgan fingerprint density at radius 2 is 1.61 bits per heavy atom. The van der Waals surface area contributed by atoms with Crippen LogP contribution >= 0.6 is 0 Å². The number of anilines is 2. The number of likely N-dealkylation sites (N-methyl/N-ethyl adjacent to an activating group) is 1. The predicted octanol–water partition coefficient (Wildman–Crippen LogP) is 4.32. The zero-order valence-electron chi connectivity index (χ0n) is 17.7. The van der Waals surface area contributed by atoms with Gasteiger partial charge in [-0.1, -0.05) is 38.1 Å². The molecular weight excluding hydrogens is 350 g/mol. The van der Waals surface area contributed by atoms with Gasteiger partial charge in [-0.15, -0.1) is 0 Å². The average molecular weight is 382 g/mol. The van der Waals surface area contributed by atoms with E-state index in [9.17, 15) is 9.59 Å². The summed E-state index contributed by atoms with van der Waals surface area (Å²) in [5, 5.41) is 5.85. The Morgan fingerprint density at radius 3 is 2.21 bits per heavy atom. The Bertz CT molecular complexity index is 828. The topological polar surface area (TPSA) is 61.4 Å². The molecule has 2 N–H and O–H groups in total. The molecule has 1 atom stereocenters. The van der Waals surface area contributed by atoms with Crippen molar-refractivity contribution < 1.29 is 9.59 Å². The Morgan fingerprint density at radius 1 is 0.964 bits per heavy atom. The number of nitrogens with one attached hydrogen (secondary N) is 2. The molecule has 5 nitrogen and oxygen atoms in total. The van der Waals surface area contributed by atoms with Crippen LogP contribution in [0.25, 0.3) is 0 Å². The summed E-state index contributed by atoms with van der Waals surface area (Å²) in [6, 6.07) is 13.4. The molecule has 0 radical (unpaired) electrons. The van der Waals surface area contributed by atoms with Crippen LogP contribution < -0.4 is 10.6 Å². The molecule has 2 aromatic rings. The van der Waals surface area contributed by atoms with Gasteiger partial charge in [0.05, 0.1) is 12.6 Å². The van der Waals surface area contributed by atoms with Gasteiger partial charge in [0.25, 0.3) is 0 Å². The highest BCUT2D eigenvalue weighted by Crippen LogP contribution is 2.18. The number of rotatable bonds is 7. The fourth-order valence-electron chi connectivity index (χ4n) is 2.82. The van der Waals surface area contributed by atoms with Gasteiger partial charge in [-0.2, -0.15) is 0 Å². The minimum atomic E-state index is -0.436. The number of amides is 2. The average Bonchev–Trinajstić information content (AvgIpc) is 2.64. The van der Waals surface area contributed by atoms with Crippen molar-refractivity contribution in [2.45, 2.75) is 46.6 Å². The van der Waals surface area contributed by atoms with Gasteiger partial charge in [0.2, 0.25) is 11.8 Å². The molecular formula is C23H31N3O2. The molecule has 2 rings (SSSR count). The van der Waals surface area contributed by atoms with E-state index in [0.717, 1.165) is 22.5 Å². The van der Waals surface area contributed by atoms with Crippen molar-refractivity contribution in [3.8, 4) is 0 Å². The predicted molar refractivity (Wildman–Crippen MR) is 116 cm³/mol. The standard InChI is InChI=1S/C23H31N3O2/c1-15(2)19-9-11-20(12-10-19)24-23(28)18(5)26(6)14-22(27)25-21-13-16(3)7-8-17(21)4/h7-13,15,18H,14H2,1-6H3,(H,24,28)(H,25,27)/t18-/m0/s1. The summed E-state index contributed by atoms with van der Waals surface area (Å²) in [4.78, 5) is 26.6. The van der Waals surface area contributed by atoms with Gasteiger partial charge in [0.15, 0.2) is 0 Å². The minimum Gasteiger partial charge on any atom is -0.325 e. The molecule has 0 aliphatic heterocycles. The quantitative estimate of drug-likeness (QED) is 0.751. The zero-order valence-corrected chi connectivity index (χ0v) is 17.7. The van der Waals surface area contributed by atoms with Crippen LogP contribution in [-0.2, 0) is 9.59 Å². The molecule has 5 heteroatoms. The Kier molecular flexibility index (Phi) is 7.35. The van der Waals surface area contributed by atoms with Crippen LogP contribution in [0.2, 0.25) is 0 Å². The molecule has 0 heterocycles. The van der Waals surface area contributed by atoms with Crippen LogP contribution in [0.5, 0.6) is 0 Å². The molecule has 0 saturated heterocycles. The smallest absolute Gasteiger partial charge is 0.241 e. The highest BCUT2D eigenvalue weighted by molar-refractivity contribution is 5.96. The van der Waals surface area contributed by atoms with Crippen LogP contribution in [0.1, 0.15) is 43.4 Å². The first-order valence-electron chi connectivity index (χ1n) is 9.65. The van der Waals surface area contributed by atoms with Crippen molar-refractivity contribution in [3.05, 3.63) is 59.2 Å². The Labute approximate surface area is 168 Å². The highest BCUT2D eigenvalue weighted by Gasteiger charge is 2.20. The molecule has 28 heavy (non-hydrogen) atoms. The van der Waals surface area contributed by atoms with Crippen molar-refractivity contribution >= 4 is 23.2 Å². The van der Waals surface area contributed by atoms with E-state index in [0.29, 0.717) is 5.92 Å². The Hall–Kier alpha value is -2.66. The number of carbonyl (C=O) groups is 2. The van der Waals surface area contributed by atoms with Gasteiger partial charge in [-0.3, -0.25) is 14.5 Å². The summed E-state index contributed by atoms with van der Waals surface area (Å²) in [6.07, 6.45) is 0. The maximum atomic E-state index is 12.5. The second kappa shape index (κ2) is 9.51. The van der Waals surface area contributed by atoms with E-state index in [1.807, 2.05) is 56.3 Å². The molecule has 2 aromatic carbocycles. The first kappa shape index (κ1) is 21.6. The van der Waals surface area contributed by atoms with Gasteiger partial charge in [0, 0.05) is 11.4 Å². The molecule has 0 unspecified atom stereocenters. The van der Waals surface area contributed by atoms with E-state index in [-0.39, 0.29) is 18.4 Å². The van der Waals surface area contributed by atoms with E-state index in [1.54, 1.807) is 18.9 Å². The first-order chi connectivity index (χ1) is 13.2. The molecule has 0 spiro atoms. The fraction of sp³-hybridized carbons (Fsp3) is 0.391. The van der Waals surface area contributed by atoms with E-state index in [2.05, 4.69) is 24.5 Å².